The molecule has 0 saturated heterocycles. The van der Waals surface area contributed by atoms with Crippen LogP contribution in [0.5, 0.6) is 5.88 Å². The van der Waals surface area contributed by atoms with Gasteiger partial charge in [0.05, 0.1) is 11.9 Å². The van der Waals surface area contributed by atoms with Crippen molar-refractivity contribution in [3.8, 4) is 11.6 Å². The van der Waals surface area contributed by atoms with Crippen molar-refractivity contribution in [3.05, 3.63) is 79.8 Å². The molecule has 0 aliphatic carbocycles. The molecular formula is C19H17Cl2N3O2. The SMILES string of the molecule is CN1Cc2c(Cl)cc(Cl)cc2[C@H](c2ccc(-n3c(O)c[nH]c3=O)cc2)C1. The first-order valence-corrected chi connectivity index (χ1v) is 8.95. The van der Waals surface area contributed by atoms with Gasteiger partial charge >= 0.3 is 5.69 Å². The number of likely N-dealkylation sites (N-methyl/N-ethyl adjacent to an activating group) is 1. The molecule has 0 spiro atoms. The van der Waals surface area contributed by atoms with Crippen LogP contribution >= 0.6 is 23.2 Å². The van der Waals surface area contributed by atoms with Crippen molar-refractivity contribution in [2.75, 3.05) is 13.6 Å². The third-order valence-corrected chi connectivity index (χ3v) is 5.36. The Morgan fingerprint density at radius 3 is 2.58 bits per heavy atom. The quantitative estimate of drug-likeness (QED) is 0.701. The Balaban J connectivity index is 1.76. The Morgan fingerprint density at radius 1 is 1.19 bits per heavy atom. The lowest BCUT2D eigenvalue weighted by molar-refractivity contribution is 0.295. The van der Waals surface area contributed by atoms with Gasteiger partial charge in [-0.3, -0.25) is 0 Å². The molecule has 7 heteroatoms. The topological polar surface area (TPSA) is 61.3 Å². The van der Waals surface area contributed by atoms with E-state index in [2.05, 4.69) is 16.9 Å². The molecular weight excluding hydrogens is 373 g/mol. The van der Waals surface area contributed by atoms with Gasteiger partial charge < -0.3 is 15.0 Å². The number of aromatic nitrogens is 2. The number of imidazole rings is 1. The Bertz CT molecular complexity index is 1020. The van der Waals surface area contributed by atoms with E-state index in [0.29, 0.717) is 15.7 Å². The van der Waals surface area contributed by atoms with Crippen molar-refractivity contribution in [1.82, 2.24) is 14.5 Å². The number of hydrogen-bond acceptors (Lipinski definition) is 3. The maximum Gasteiger partial charge on any atom is 0.333 e. The van der Waals surface area contributed by atoms with Crippen molar-refractivity contribution < 1.29 is 5.11 Å². The van der Waals surface area contributed by atoms with E-state index in [1.807, 2.05) is 30.3 Å². The second-order valence-electron chi connectivity index (χ2n) is 6.58. The van der Waals surface area contributed by atoms with Gasteiger partial charge in [0.2, 0.25) is 5.88 Å². The molecule has 0 bridgehead atoms. The number of halogens is 2. The highest BCUT2D eigenvalue weighted by atomic mass is 35.5. The van der Waals surface area contributed by atoms with Crippen LogP contribution in [-0.4, -0.2) is 33.1 Å². The van der Waals surface area contributed by atoms with E-state index < -0.39 is 0 Å². The van der Waals surface area contributed by atoms with Crippen LogP contribution in [0.25, 0.3) is 5.69 Å². The zero-order valence-electron chi connectivity index (χ0n) is 14.0. The van der Waals surface area contributed by atoms with Gasteiger partial charge in [0.25, 0.3) is 0 Å². The third-order valence-electron chi connectivity index (χ3n) is 4.80. The van der Waals surface area contributed by atoms with Crippen LogP contribution < -0.4 is 5.69 Å². The molecule has 26 heavy (non-hydrogen) atoms. The molecule has 4 rings (SSSR count). The number of H-pyrrole nitrogens is 1. The number of nitrogens with zero attached hydrogens (tertiary/aromatic N) is 2. The van der Waals surface area contributed by atoms with Crippen LogP contribution in [0.3, 0.4) is 0 Å². The van der Waals surface area contributed by atoms with E-state index in [-0.39, 0.29) is 17.5 Å². The summed E-state index contributed by atoms with van der Waals surface area (Å²) in [4.78, 5) is 16.5. The Kier molecular flexibility index (Phi) is 4.31. The monoisotopic (exact) mass is 389 g/mol. The minimum atomic E-state index is -0.378. The minimum absolute atomic E-state index is 0.121. The highest BCUT2D eigenvalue weighted by Crippen LogP contribution is 2.38. The predicted molar refractivity (Wildman–Crippen MR) is 103 cm³/mol. The summed E-state index contributed by atoms with van der Waals surface area (Å²) in [5, 5.41) is 11.1. The number of nitrogens with one attached hydrogen (secondary N) is 1. The minimum Gasteiger partial charge on any atom is -0.493 e. The molecule has 0 fully saturated rings. The Labute approximate surface area is 160 Å². The number of aromatic hydroxyl groups is 1. The third kappa shape index (κ3) is 2.92. The van der Waals surface area contributed by atoms with E-state index in [9.17, 15) is 9.90 Å². The molecule has 3 aromatic rings. The average molecular weight is 390 g/mol. The number of aromatic amines is 1. The largest absolute Gasteiger partial charge is 0.493 e. The zero-order chi connectivity index (χ0) is 18.4. The molecule has 1 aliphatic rings. The zero-order valence-corrected chi connectivity index (χ0v) is 15.6. The van der Waals surface area contributed by atoms with E-state index in [0.717, 1.165) is 29.8 Å². The fraction of sp³-hybridized carbons (Fsp3) is 0.211. The fourth-order valence-corrected chi connectivity index (χ4v) is 4.16. The molecule has 1 aliphatic heterocycles. The fourth-order valence-electron chi connectivity index (χ4n) is 3.60. The maximum absolute atomic E-state index is 11.8. The lowest BCUT2D eigenvalue weighted by Crippen LogP contribution is -2.31. The van der Waals surface area contributed by atoms with Crippen molar-refractivity contribution in [1.29, 1.82) is 0 Å². The number of fused-ring (bicyclic) bond motifs is 1. The van der Waals surface area contributed by atoms with Gasteiger partial charge in [0.1, 0.15) is 0 Å². The van der Waals surface area contributed by atoms with Gasteiger partial charge in [0.15, 0.2) is 0 Å². The first kappa shape index (κ1) is 17.2. The van der Waals surface area contributed by atoms with Gasteiger partial charge in [0, 0.05) is 29.1 Å². The summed E-state index contributed by atoms with van der Waals surface area (Å²) in [7, 11) is 2.06. The first-order chi connectivity index (χ1) is 12.4. The molecule has 2 heterocycles. The van der Waals surface area contributed by atoms with Crippen molar-refractivity contribution in [3.63, 3.8) is 0 Å². The molecule has 134 valence electrons. The van der Waals surface area contributed by atoms with Crippen molar-refractivity contribution in [2.24, 2.45) is 0 Å². The van der Waals surface area contributed by atoms with Gasteiger partial charge in [-0.25, -0.2) is 9.36 Å². The highest BCUT2D eigenvalue weighted by molar-refractivity contribution is 6.35. The Hall–Kier alpha value is -2.21. The summed E-state index contributed by atoms with van der Waals surface area (Å²) in [6, 6.07) is 11.3. The highest BCUT2D eigenvalue weighted by Gasteiger charge is 2.27. The van der Waals surface area contributed by atoms with Gasteiger partial charge in [-0.15, -0.1) is 0 Å². The summed E-state index contributed by atoms with van der Waals surface area (Å²) in [5.74, 6) is 0.00889. The van der Waals surface area contributed by atoms with Gasteiger partial charge in [-0.2, -0.15) is 0 Å². The van der Waals surface area contributed by atoms with Gasteiger partial charge in [-0.1, -0.05) is 35.3 Å². The van der Waals surface area contributed by atoms with E-state index >= 15 is 0 Å². The van der Waals surface area contributed by atoms with Crippen LogP contribution in [0.15, 0.2) is 47.4 Å². The molecule has 0 radical (unpaired) electrons. The smallest absolute Gasteiger partial charge is 0.333 e. The summed E-state index contributed by atoms with van der Waals surface area (Å²) in [6.07, 6.45) is 1.27. The lowest BCUT2D eigenvalue weighted by Gasteiger charge is -2.33. The van der Waals surface area contributed by atoms with Crippen molar-refractivity contribution in [2.45, 2.75) is 12.5 Å². The van der Waals surface area contributed by atoms with Crippen molar-refractivity contribution >= 4 is 23.2 Å². The molecule has 0 amide bonds. The molecule has 2 N–H and O–H groups in total. The van der Waals surface area contributed by atoms with E-state index in [1.54, 1.807) is 6.07 Å². The van der Waals surface area contributed by atoms with E-state index in [4.69, 9.17) is 23.2 Å². The Morgan fingerprint density at radius 2 is 1.92 bits per heavy atom. The molecule has 0 saturated carbocycles. The number of benzene rings is 2. The summed E-state index contributed by atoms with van der Waals surface area (Å²) in [5.41, 5.74) is 3.55. The van der Waals surface area contributed by atoms with Crippen LogP contribution in [-0.2, 0) is 6.54 Å². The second-order valence-corrected chi connectivity index (χ2v) is 7.43. The second kappa shape index (κ2) is 6.50. The molecule has 5 nitrogen and oxygen atoms in total. The summed E-state index contributed by atoms with van der Waals surface area (Å²) < 4.78 is 1.22. The van der Waals surface area contributed by atoms with Crippen LogP contribution in [0.4, 0.5) is 0 Å². The molecule has 1 atom stereocenters. The predicted octanol–water partition coefficient (Wildman–Crippen LogP) is 3.76. The molecule has 0 unspecified atom stereocenters. The standard InChI is InChI=1S/C19H17Cl2N3O2/c1-23-9-15(14-6-12(20)7-17(21)16(14)10-23)11-2-4-13(5-3-11)24-18(25)8-22-19(24)26/h2-8,15,25H,9-10H2,1H3,(H,22,26)/t15-/m0/s1. The summed E-state index contributed by atoms with van der Waals surface area (Å²) in [6.45, 7) is 1.63. The van der Waals surface area contributed by atoms with Crippen LogP contribution in [0, 0.1) is 0 Å². The van der Waals surface area contributed by atoms with Gasteiger partial charge in [-0.05, 0) is 48.0 Å². The number of rotatable bonds is 2. The lowest BCUT2D eigenvalue weighted by atomic mass is 9.84. The molecule has 1 aromatic heterocycles. The average Bonchev–Trinajstić information content (AvgIpc) is 2.94. The van der Waals surface area contributed by atoms with E-state index in [1.165, 1.54) is 10.8 Å². The van der Waals surface area contributed by atoms with Crippen LogP contribution in [0.2, 0.25) is 10.0 Å². The first-order valence-electron chi connectivity index (χ1n) is 8.20. The molecule has 2 aromatic carbocycles. The number of hydrogen-bond donors (Lipinski definition) is 2. The maximum atomic E-state index is 11.8. The summed E-state index contributed by atoms with van der Waals surface area (Å²) >= 11 is 12.6. The van der Waals surface area contributed by atoms with Crippen LogP contribution in [0.1, 0.15) is 22.6 Å². The normalized spacial score (nSPS) is 17.3.